The maximum atomic E-state index is 11.2. The highest BCUT2D eigenvalue weighted by atomic mass is 35.5. The van der Waals surface area contributed by atoms with Gasteiger partial charge in [0.25, 0.3) is 0 Å². The van der Waals surface area contributed by atoms with Gasteiger partial charge in [0.2, 0.25) is 0 Å². The number of benzene rings is 1. The minimum absolute atomic E-state index is 0.0931. The van der Waals surface area contributed by atoms with E-state index in [1.807, 2.05) is 0 Å². The third-order valence-corrected chi connectivity index (χ3v) is 2.79. The van der Waals surface area contributed by atoms with Gasteiger partial charge >= 0.3 is 5.97 Å². The van der Waals surface area contributed by atoms with Crippen LogP contribution in [0, 0.1) is 0 Å². The Bertz CT molecular complexity index is 607. The van der Waals surface area contributed by atoms with Crippen LogP contribution in [0.3, 0.4) is 0 Å². The van der Waals surface area contributed by atoms with Crippen molar-refractivity contribution in [2.75, 3.05) is 7.11 Å². The Morgan fingerprint density at radius 2 is 2.22 bits per heavy atom. The van der Waals surface area contributed by atoms with Crippen molar-refractivity contribution in [2.24, 2.45) is 7.05 Å². The molecule has 2 rings (SSSR count). The van der Waals surface area contributed by atoms with Crippen LogP contribution in [0.4, 0.5) is 0 Å². The van der Waals surface area contributed by atoms with Crippen LogP contribution in [-0.2, 0) is 7.05 Å². The molecule has 1 aromatic carbocycles. The first-order chi connectivity index (χ1) is 8.54. The summed E-state index contributed by atoms with van der Waals surface area (Å²) in [4.78, 5) is 15.3. The van der Waals surface area contributed by atoms with E-state index in [1.54, 1.807) is 25.2 Å². The summed E-state index contributed by atoms with van der Waals surface area (Å²) >= 11 is 5.92. The lowest BCUT2D eigenvalue weighted by molar-refractivity contribution is 0.0687. The minimum Gasteiger partial charge on any atom is -0.496 e. The van der Waals surface area contributed by atoms with Crippen molar-refractivity contribution in [1.29, 1.82) is 0 Å². The monoisotopic (exact) mass is 266 g/mol. The number of hydrogen-bond donors (Lipinski definition) is 1. The lowest BCUT2D eigenvalue weighted by Gasteiger charge is -2.08. The summed E-state index contributed by atoms with van der Waals surface area (Å²) in [6.45, 7) is 0. The van der Waals surface area contributed by atoms with Gasteiger partial charge < -0.3 is 14.4 Å². The predicted molar refractivity (Wildman–Crippen MR) is 67.2 cm³/mol. The van der Waals surface area contributed by atoms with Gasteiger partial charge in [0, 0.05) is 17.6 Å². The SMILES string of the molecule is COc1ccc(Cl)cc1-c1ncn(C)c1C(=O)O. The summed E-state index contributed by atoms with van der Waals surface area (Å²) in [5, 5.41) is 9.69. The number of carboxylic acids is 1. The highest BCUT2D eigenvalue weighted by molar-refractivity contribution is 6.31. The number of aromatic carboxylic acids is 1. The number of imidazole rings is 1. The average molecular weight is 267 g/mol. The Hall–Kier alpha value is -2.01. The molecule has 5 nitrogen and oxygen atoms in total. The lowest BCUT2D eigenvalue weighted by Crippen LogP contribution is -2.05. The second kappa shape index (κ2) is 4.70. The molecule has 0 spiro atoms. The fraction of sp³-hybridized carbons (Fsp3) is 0.167. The fourth-order valence-electron chi connectivity index (χ4n) is 1.74. The van der Waals surface area contributed by atoms with Crippen molar-refractivity contribution in [3.8, 4) is 17.0 Å². The van der Waals surface area contributed by atoms with E-state index >= 15 is 0 Å². The Morgan fingerprint density at radius 1 is 1.50 bits per heavy atom. The number of ether oxygens (including phenoxy) is 1. The molecule has 18 heavy (non-hydrogen) atoms. The molecular weight excluding hydrogens is 256 g/mol. The number of carbonyl (C=O) groups is 1. The van der Waals surface area contributed by atoms with E-state index < -0.39 is 5.97 Å². The van der Waals surface area contributed by atoms with Crippen molar-refractivity contribution < 1.29 is 14.6 Å². The highest BCUT2D eigenvalue weighted by Gasteiger charge is 2.20. The number of halogens is 1. The first-order valence-electron chi connectivity index (χ1n) is 5.13. The van der Waals surface area contributed by atoms with Crippen LogP contribution in [0.5, 0.6) is 5.75 Å². The Morgan fingerprint density at radius 3 is 2.83 bits per heavy atom. The Labute approximate surface area is 109 Å². The molecule has 1 heterocycles. The zero-order chi connectivity index (χ0) is 13.3. The van der Waals surface area contributed by atoms with Crippen LogP contribution in [0.1, 0.15) is 10.5 Å². The summed E-state index contributed by atoms with van der Waals surface area (Å²) in [5.74, 6) is -0.521. The Balaban J connectivity index is 2.69. The molecule has 0 unspecified atom stereocenters. The van der Waals surface area contributed by atoms with Crippen LogP contribution >= 0.6 is 11.6 Å². The summed E-state index contributed by atoms with van der Waals surface area (Å²) in [7, 11) is 3.13. The van der Waals surface area contributed by atoms with Gasteiger partial charge in [-0.15, -0.1) is 0 Å². The maximum absolute atomic E-state index is 11.2. The molecule has 0 bridgehead atoms. The zero-order valence-electron chi connectivity index (χ0n) is 9.85. The third-order valence-electron chi connectivity index (χ3n) is 2.56. The molecule has 6 heteroatoms. The second-order valence-electron chi connectivity index (χ2n) is 3.70. The topological polar surface area (TPSA) is 64.4 Å². The first-order valence-corrected chi connectivity index (χ1v) is 5.51. The van der Waals surface area contributed by atoms with Crippen molar-refractivity contribution in [3.05, 3.63) is 35.2 Å². The molecule has 94 valence electrons. The van der Waals surface area contributed by atoms with Gasteiger partial charge in [-0.25, -0.2) is 9.78 Å². The van der Waals surface area contributed by atoms with Crippen LogP contribution < -0.4 is 4.74 Å². The van der Waals surface area contributed by atoms with Crippen LogP contribution in [0.25, 0.3) is 11.3 Å². The highest BCUT2D eigenvalue weighted by Crippen LogP contribution is 2.33. The standard InChI is InChI=1S/C12H11ClN2O3/c1-15-6-14-10(11(15)12(16)17)8-5-7(13)3-4-9(8)18-2/h3-6H,1-2H3,(H,16,17). The number of rotatable bonds is 3. The molecule has 1 aromatic heterocycles. The Kier molecular flexibility index (Phi) is 3.25. The van der Waals surface area contributed by atoms with Crippen molar-refractivity contribution in [2.45, 2.75) is 0 Å². The summed E-state index contributed by atoms with van der Waals surface area (Å²) in [6, 6.07) is 4.99. The predicted octanol–water partition coefficient (Wildman–Crippen LogP) is 2.45. The van der Waals surface area contributed by atoms with Crippen LogP contribution in [0.15, 0.2) is 24.5 Å². The quantitative estimate of drug-likeness (QED) is 0.927. The van der Waals surface area contributed by atoms with Gasteiger partial charge in [-0.05, 0) is 18.2 Å². The number of methoxy groups -OCH3 is 1. The van der Waals surface area contributed by atoms with E-state index in [1.165, 1.54) is 18.0 Å². The lowest BCUT2D eigenvalue weighted by atomic mass is 10.1. The molecule has 0 saturated carbocycles. The summed E-state index contributed by atoms with van der Waals surface area (Å²) in [6.07, 6.45) is 1.44. The molecule has 0 saturated heterocycles. The van der Waals surface area contributed by atoms with Crippen molar-refractivity contribution in [1.82, 2.24) is 9.55 Å². The molecule has 0 amide bonds. The van der Waals surface area contributed by atoms with E-state index in [9.17, 15) is 9.90 Å². The number of carboxylic acid groups (broad SMARTS) is 1. The minimum atomic E-state index is -1.05. The molecule has 0 aliphatic heterocycles. The van der Waals surface area contributed by atoms with Gasteiger partial charge in [0.05, 0.1) is 13.4 Å². The van der Waals surface area contributed by atoms with E-state index in [2.05, 4.69) is 4.98 Å². The molecule has 0 aliphatic carbocycles. The smallest absolute Gasteiger partial charge is 0.354 e. The normalized spacial score (nSPS) is 10.4. The number of aromatic nitrogens is 2. The molecule has 0 aliphatic rings. The van der Waals surface area contributed by atoms with Gasteiger partial charge in [-0.1, -0.05) is 11.6 Å². The van der Waals surface area contributed by atoms with Gasteiger partial charge in [-0.3, -0.25) is 0 Å². The molecule has 0 fully saturated rings. The number of aryl methyl sites for hydroxylation is 1. The molecule has 1 N–H and O–H groups in total. The van der Waals surface area contributed by atoms with Crippen LogP contribution in [0.2, 0.25) is 5.02 Å². The van der Waals surface area contributed by atoms with E-state index in [-0.39, 0.29) is 5.69 Å². The molecule has 0 radical (unpaired) electrons. The van der Waals surface area contributed by atoms with Gasteiger partial charge in [-0.2, -0.15) is 0 Å². The largest absolute Gasteiger partial charge is 0.496 e. The summed E-state index contributed by atoms with van der Waals surface area (Å²) < 4.78 is 6.64. The number of nitrogens with zero attached hydrogens (tertiary/aromatic N) is 2. The van der Waals surface area contributed by atoms with Gasteiger partial charge in [0.1, 0.15) is 11.4 Å². The van der Waals surface area contributed by atoms with E-state index in [0.717, 1.165) is 0 Å². The van der Waals surface area contributed by atoms with E-state index in [4.69, 9.17) is 16.3 Å². The maximum Gasteiger partial charge on any atom is 0.354 e. The zero-order valence-corrected chi connectivity index (χ0v) is 10.6. The fourth-order valence-corrected chi connectivity index (χ4v) is 1.92. The molecule has 0 atom stereocenters. The van der Waals surface area contributed by atoms with Gasteiger partial charge in [0.15, 0.2) is 5.69 Å². The van der Waals surface area contributed by atoms with E-state index in [0.29, 0.717) is 22.0 Å². The van der Waals surface area contributed by atoms with Crippen molar-refractivity contribution in [3.63, 3.8) is 0 Å². The van der Waals surface area contributed by atoms with Crippen LogP contribution in [-0.4, -0.2) is 27.7 Å². The first kappa shape index (κ1) is 12.4. The third kappa shape index (κ3) is 2.04. The summed E-state index contributed by atoms with van der Waals surface area (Å²) in [5.41, 5.74) is 0.989. The average Bonchev–Trinajstić information content (AvgIpc) is 2.71. The number of hydrogen-bond acceptors (Lipinski definition) is 3. The molecular formula is C12H11ClN2O3. The second-order valence-corrected chi connectivity index (χ2v) is 4.14. The molecule has 2 aromatic rings. The van der Waals surface area contributed by atoms with Crippen molar-refractivity contribution >= 4 is 17.6 Å².